The van der Waals surface area contributed by atoms with Crippen LogP contribution in [-0.4, -0.2) is 10.8 Å². The predicted octanol–water partition coefficient (Wildman–Crippen LogP) is 6.50. The highest BCUT2D eigenvalue weighted by Crippen LogP contribution is 2.39. The largest absolute Gasteiger partial charge is 0.423 e. The summed E-state index contributed by atoms with van der Waals surface area (Å²) in [5.74, 6) is -0.709. The van der Waals surface area contributed by atoms with E-state index in [1.807, 2.05) is 0 Å². The molecule has 1 heterocycles. The second-order valence-electron chi connectivity index (χ2n) is 5.33. The summed E-state index contributed by atoms with van der Waals surface area (Å²) < 4.78 is 40.7. The van der Waals surface area contributed by atoms with Crippen molar-refractivity contribution in [2.75, 3.05) is 5.32 Å². The van der Waals surface area contributed by atoms with Crippen LogP contribution < -0.4 is 5.32 Å². The smallest absolute Gasteiger partial charge is 0.321 e. The zero-order valence-electron chi connectivity index (χ0n) is 12.9. The van der Waals surface area contributed by atoms with Gasteiger partial charge < -0.3 is 5.32 Å². The molecule has 0 radical (unpaired) electrons. The van der Waals surface area contributed by atoms with Gasteiger partial charge in [0.25, 0.3) is 11.6 Å². The molecule has 140 valence electrons. The van der Waals surface area contributed by atoms with Crippen LogP contribution in [0.1, 0.15) is 15.2 Å². The molecule has 5 nitrogen and oxygen atoms in total. The molecule has 1 amide bonds. The zero-order chi connectivity index (χ0) is 19.9. The van der Waals surface area contributed by atoms with Crippen LogP contribution in [0.3, 0.4) is 0 Å². The number of hydrogen-bond acceptors (Lipinski definition) is 4. The summed E-state index contributed by atoms with van der Waals surface area (Å²) in [6, 6.07) is 7.46. The Labute approximate surface area is 167 Å². The first-order valence-corrected chi connectivity index (χ1v) is 9.11. The van der Waals surface area contributed by atoms with Crippen molar-refractivity contribution in [2.24, 2.45) is 0 Å². The van der Waals surface area contributed by atoms with E-state index in [0.717, 1.165) is 26.6 Å². The quantitative estimate of drug-likeness (QED) is 0.344. The highest BCUT2D eigenvalue weighted by molar-refractivity contribution is 9.10. The first-order chi connectivity index (χ1) is 12.6. The van der Waals surface area contributed by atoms with Crippen molar-refractivity contribution in [3.63, 3.8) is 0 Å². The van der Waals surface area contributed by atoms with Gasteiger partial charge in [0, 0.05) is 26.3 Å². The molecule has 0 saturated heterocycles. The van der Waals surface area contributed by atoms with E-state index in [1.54, 1.807) is 18.2 Å². The topological polar surface area (TPSA) is 72.2 Å². The standard InChI is InChI=1S/C16H7BrClF3N2O3S/c17-7-1-3-9-12(5-7)27-14(13(9)18)15(24)22-8-2-4-11(23(25)26)10(6-8)16(19,20)21/h1-6H,(H,22,24). The van der Waals surface area contributed by atoms with Crippen LogP contribution in [0.15, 0.2) is 40.9 Å². The summed E-state index contributed by atoms with van der Waals surface area (Å²) in [6.45, 7) is 0. The van der Waals surface area contributed by atoms with Crippen LogP contribution in [0, 0.1) is 10.1 Å². The molecule has 1 N–H and O–H groups in total. The predicted molar refractivity (Wildman–Crippen MR) is 101 cm³/mol. The maximum Gasteiger partial charge on any atom is 0.423 e. The van der Waals surface area contributed by atoms with Gasteiger partial charge in [-0.3, -0.25) is 14.9 Å². The second kappa shape index (κ2) is 7.10. The van der Waals surface area contributed by atoms with Crippen LogP contribution in [0.25, 0.3) is 10.1 Å². The third-order valence-corrected chi connectivity index (χ3v) is 5.70. The Morgan fingerprint density at radius 2 is 1.93 bits per heavy atom. The zero-order valence-corrected chi connectivity index (χ0v) is 16.1. The molecule has 1 aromatic heterocycles. The summed E-state index contributed by atoms with van der Waals surface area (Å²) in [5.41, 5.74) is -2.77. The Balaban J connectivity index is 1.97. The lowest BCUT2D eigenvalue weighted by Crippen LogP contribution is -2.13. The summed E-state index contributed by atoms with van der Waals surface area (Å²) in [6.07, 6.45) is -4.94. The average Bonchev–Trinajstić information content (AvgIpc) is 2.90. The lowest BCUT2D eigenvalue weighted by Gasteiger charge is -2.10. The van der Waals surface area contributed by atoms with E-state index in [0.29, 0.717) is 17.5 Å². The van der Waals surface area contributed by atoms with Crippen molar-refractivity contribution in [3.05, 3.63) is 66.4 Å². The molecule has 0 saturated carbocycles. The Kier molecular flexibility index (Phi) is 5.15. The van der Waals surface area contributed by atoms with Gasteiger partial charge in [-0.1, -0.05) is 33.6 Å². The minimum atomic E-state index is -4.94. The molecule has 11 heteroatoms. The van der Waals surface area contributed by atoms with Crippen LogP contribution in [-0.2, 0) is 6.18 Å². The van der Waals surface area contributed by atoms with Crippen molar-refractivity contribution in [1.82, 2.24) is 0 Å². The fourth-order valence-electron chi connectivity index (χ4n) is 2.37. The number of benzene rings is 2. The van der Waals surface area contributed by atoms with Gasteiger partial charge in [-0.05, 0) is 24.3 Å². The Morgan fingerprint density at radius 3 is 2.56 bits per heavy atom. The molecule has 2 aromatic carbocycles. The van der Waals surface area contributed by atoms with E-state index in [2.05, 4.69) is 21.2 Å². The molecule has 0 atom stereocenters. The Morgan fingerprint density at radius 1 is 1.22 bits per heavy atom. The summed E-state index contributed by atoms with van der Waals surface area (Å²) in [7, 11) is 0. The molecule has 0 spiro atoms. The number of halogens is 5. The van der Waals surface area contributed by atoms with Gasteiger partial charge in [0.15, 0.2) is 0 Å². The van der Waals surface area contributed by atoms with Crippen LogP contribution in [0.5, 0.6) is 0 Å². The van der Waals surface area contributed by atoms with Gasteiger partial charge in [0.05, 0.1) is 9.95 Å². The minimum Gasteiger partial charge on any atom is -0.321 e. The number of carbonyl (C=O) groups excluding carboxylic acids is 1. The molecular weight excluding hydrogens is 473 g/mol. The van der Waals surface area contributed by atoms with Crippen LogP contribution in [0.2, 0.25) is 5.02 Å². The maximum atomic E-state index is 13.0. The first-order valence-electron chi connectivity index (χ1n) is 7.12. The van der Waals surface area contributed by atoms with E-state index < -0.39 is 28.3 Å². The van der Waals surface area contributed by atoms with Gasteiger partial charge in [-0.25, -0.2) is 0 Å². The van der Waals surface area contributed by atoms with Crippen molar-refractivity contribution < 1.29 is 22.9 Å². The van der Waals surface area contributed by atoms with Crippen molar-refractivity contribution >= 4 is 66.2 Å². The average molecular weight is 480 g/mol. The molecule has 27 heavy (non-hydrogen) atoms. The van der Waals surface area contributed by atoms with Gasteiger partial charge in [0.2, 0.25) is 0 Å². The fourth-order valence-corrected chi connectivity index (χ4v) is 4.34. The Hall–Kier alpha value is -2.17. The number of nitro groups is 1. The number of fused-ring (bicyclic) bond motifs is 1. The number of nitro benzene ring substituents is 1. The van der Waals surface area contributed by atoms with Gasteiger partial charge >= 0.3 is 6.18 Å². The number of thiophene rings is 1. The third-order valence-electron chi connectivity index (χ3n) is 3.55. The number of hydrogen-bond donors (Lipinski definition) is 1. The minimum absolute atomic E-state index is 0.122. The lowest BCUT2D eigenvalue weighted by atomic mass is 10.1. The molecule has 0 fully saturated rings. The number of nitrogens with one attached hydrogen (secondary N) is 1. The SMILES string of the molecule is O=C(Nc1ccc([N+](=O)[O-])c(C(F)(F)F)c1)c1sc2cc(Br)ccc2c1Cl. The second-order valence-corrected chi connectivity index (χ2v) is 7.67. The monoisotopic (exact) mass is 478 g/mol. The third kappa shape index (κ3) is 3.92. The maximum absolute atomic E-state index is 13.0. The van der Waals surface area contributed by atoms with Gasteiger partial charge in [-0.15, -0.1) is 11.3 Å². The molecule has 0 unspecified atom stereocenters. The Bertz CT molecular complexity index is 1080. The summed E-state index contributed by atoms with van der Waals surface area (Å²) >= 11 is 10.6. The first kappa shape index (κ1) is 19.6. The summed E-state index contributed by atoms with van der Waals surface area (Å²) in [5, 5.41) is 13.9. The number of rotatable bonds is 3. The van der Waals surface area contributed by atoms with E-state index in [-0.39, 0.29) is 15.6 Å². The van der Waals surface area contributed by atoms with E-state index >= 15 is 0 Å². The molecule has 0 aliphatic rings. The number of anilines is 1. The van der Waals surface area contributed by atoms with E-state index in [4.69, 9.17) is 11.6 Å². The van der Waals surface area contributed by atoms with Crippen molar-refractivity contribution in [1.29, 1.82) is 0 Å². The highest BCUT2D eigenvalue weighted by Gasteiger charge is 2.38. The molecule has 0 aliphatic carbocycles. The highest BCUT2D eigenvalue weighted by atomic mass is 79.9. The molecule has 3 rings (SSSR count). The van der Waals surface area contributed by atoms with Crippen LogP contribution >= 0.6 is 38.9 Å². The molecule has 3 aromatic rings. The lowest BCUT2D eigenvalue weighted by molar-refractivity contribution is -0.388. The van der Waals surface area contributed by atoms with Crippen molar-refractivity contribution in [2.45, 2.75) is 6.18 Å². The molecule has 0 aliphatic heterocycles. The molecule has 0 bridgehead atoms. The van der Waals surface area contributed by atoms with E-state index in [1.165, 1.54) is 0 Å². The normalized spacial score (nSPS) is 11.6. The molecular formula is C16H7BrClF3N2O3S. The van der Waals surface area contributed by atoms with Crippen molar-refractivity contribution in [3.8, 4) is 0 Å². The summed E-state index contributed by atoms with van der Waals surface area (Å²) in [4.78, 5) is 22.2. The van der Waals surface area contributed by atoms with E-state index in [9.17, 15) is 28.1 Å². The van der Waals surface area contributed by atoms with Crippen LogP contribution in [0.4, 0.5) is 24.5 Å². The van der Waals surface area contributed by atoms with Gasteiger partial charge in [-0.2, -0.15) is 13.2 Å². The number of carbonyl (C=O) groups is 1. The number of alkyl halides is 3. The number of amides is 1. The number of nitrogens with zero attached hydrogens (tertiary/aromatic N) is 1. The fraction of sp³-hybridized carbons (Fsp3) is 0.0625. The van der Waals surface area contributed by atoms with Gasteiger partial charge in [0.1, 0.15) is 10.4 Å².